The van der Waals surface area contributed by atoms with Crippen LogP contribution in [0.4, 0.5) is 5.69 Å². The van der Waals surface area contributed by atoms with Crippen LogP contribution in [0.15, 0.2) is 95.1 Å². The van der Waals surface area contributed by atoms with Gasteiger partial charge in [0, 0.05) is 5.56 Å². The van der Waals surface area contributed by atoms with Crippen molar-refractivity contribution in [2.24, 2.45) is 10.2 Å². The van der Waals surface area contributed by atoms with Crippen molar-refractivity contribution < 1.29 is 4.79 Å². The first-order valence-corrected chi connectivity index (χ1v) is 8.14. The summed E-state index contributed by atoms with van der Waals surface area (Å²) in [6.07, 6.45) is 3.32. The van der Waals surface area contributed by atoms with E-state index in [1.165, 1.54) is 0 Å². The Morgan fingerprint density at radius 1 is 0.731 bits per heavy atom. The van der Waals surface area contributed by atoms with Crippen molar-refractivity contribution in [1.82, 2.24) is 5.43 Å². The van der Waals surface area contributed by atoms with Crippen LogP contribution in [0.5, 0.6) is 0 Å². The van der Waals surface area contributed by atoms with Crippen LogP contribution in [0.3, 0.4) is 0 Å². The Kier molecular flexibility index (Phi) is 5.88. The molecular formula is C21H18N4O. The Morgan fingerprint density at radius 2 is 1.35 bits per heavy atom. The van der Waals surface area contributed by atoms with Gasteiger partial charge in [0.1, 0.15) is 0 Å². The molecule has 5 nitrogen and oxygen atoms in total. The first kappa shape index (κ1) is 17.1. The molecule has 0 radical (unpaired) electrons. The summed E-state index contributed by atoms with van der Waals surface area (Å²) in [5.41, 5.74) is 8.56. The molecule has 0 fully saturated rings. The molecule has 0 atom stereocenters. The molecule has 0 saturated carbocycles. The highest BCUT2D eigenvalue weighted by Crippen LogP contribution is 2.10. The van der Waals surface area contributed by atoms with Gasteiger partial charge >= 0.3 is 0 Å². The van der Waals surface area contributed by atoms with Crippen molar-refractivity contribution in [2.75, 3.05) is 5.43 Å². The van der Waals surface area contributed by atoms with Crippen LogP contribution in [-0.2, 0) is 0 Å². The Balaban J connectivity index is 1.58. The highest BCUT2D eigenvalue weighted by atomic mass is 16.2. The van der Waals surface area contributed by atoms with Crippen LogP contribution in [0.2, 0.25) is 0 Å². The number of hydrogen-bond acceptors (Lipinski definition) is 4. The molecule has 3 aromatic carbocycles. The third-order valence-corrected chi connectivity index (χ3v) is 3.51. The van der Waals surface area contributed by atoms with E-state index in [2.05, 4.69) is 21.1 Å². The van der Waals surface area contributed by atoms with Crippen LogP contribution >= 0.6 is 0 Å². The average Bonchev–Trinajstić information content (AvgIpc) is 2.70. The molecule has 0 aliphatic carbocycles. The number of carbonyl (C=O) groups is 1. The van der Waals surface area contributed by atoms with Gasteiger partial charge in [-0.05, 0) is 29.3 Å². The topological polar surface area (TPSA) is 65.8 Å². The van der Waals surface area contributed by atoms with E-state index in [0.717, 1.165) is 16.8 Å². The predicted octanol–water partition coefficient (Wildman–Crippen LogP) is 3.90. The number of rotatable bonds is 6. The second-order valence-electron chi connectivity index (χ2n) is 5.47. The Bertz CT molecular complexity index is 906. The molecule has 0 unspecified atom stereocenters. The molecule has 0 aliphatic rings. The SMILES string of the molecule is O=C(N/N=C/c1ccccc1)c1cccc(N/N=C/c2ccccc2)c1. The molecule has 0 saturated heterocycles. The Labute approximate surface area is 152 Å². The molecule has 0 aliphatic heterocycles. The molecule has 1 amide bonds. The third-order valence-electron chi connectivity index (χ3n) is 3.51. The van der Waals surface area contributed by atoms with Gasteiger partial charge in [0.2, 0.25) is 0 Å². The number of benzene rings is 3. The van der Waals surface area contributed by atoms with Crippen LogP contribution < -0.4 is 10.9 Å². The third kappa shape index (κ3) is 5.14. The first-order chi connectivity index (χ1) is 12.8. The number of carbonyl (C=O) groups excluding carboxylic acids is 1. The summed E-state index contributed by atoms with van der Waals surface area (Å²) in [5.74, 6) is -0.284. The zero-order valence-electron chi connectivity index (χ0n) is 14.0. The number of hydrazone groups is 2. The maximum Gasteiger partial charge on any atom is 0.271 e. The molecule has 3 rings (SSSR count). The lowest BCUT2D eigenvalue weighted by Crippen LogP contribution is -2.17. The minimum atomic E-state index is -0.284. The summed E-state index contributed by atoms with van der Waals surface area (Å²) >= 11 is 0. The second kappa shape index (κ2) is 8.94. The summed E-state index contributed by atoms with van der Waals surface area (Å²) in [7, 11) is 0. The number of anilines is 1. The van der Waals surface area contributed by atoms with E-state index in [1.807, 2.05) is 66.7 Å². The van der Waals surface area contributed by atoms with Crippen molar-refractivity contribution in [2.45, 2.75) is 0 Å². The number of nitrogens with zero attached hydrogens (tertiary/aromatic N) is 2. The van der Waals surface area contributed by atoms with Gasteiger partial charge in [-0.1, -0.05) is 66.7 Å². The van der Waals surface area contributed by atoms with E-state index >= 15 is 0 Å². The lowest BCUT2D eigenvalue weighted by atomic mass is 10.2. The summed E-state index contributed by atoms with van der Waals surface area (Å²) in [6.45, 7) is 0. The van der Waals surface area contributed by atoms with Crippen LogP contribution in [0.1, 0.15) is 21.5 Å². The standard InChI is InChI=1S/C21H18N4O/c26-21(25-23-16-18-10-5-2-6-11-18)19-12-7-13-20(14-19)24-22-15-17-8-3-1-4-9-17/h1-16,24H,(H,25,26)/b22-15+,23-16+. The zero-order valence-corrected chi connectivity index (χ0v) is 14.0. The molecule has 0 bridgehead atoms. The molecule has 0 aromatic heterocycles. The molecule has 5 heteroatoms. The molecule has 0 spiro atoms. The van der Waals surface area contributed by atoms with E-state index in [1.54, 1.807) is 30.6 Å². The smallest absolute Gasteiger partial charge is 0.271 e. The lowest BCUT2D eigenvalue weighted by Gasteiger charge is -2.04. The highest BCUT2D eigenvalue weighted by molar-refractivity contribution is 5.95. The van der Waals surface area contributed by atoms with Gasteiger partial charge in [0.25, 0.3) is 5.91 Å². The van der Waals surface area contributed by atoms with Crippen molar-refractivity contribution >= 4 is 24.0 Å². The van der Waals surface area contributed by atoms with Gasteiger partial charge in [-0.2, -0.15) is 10.2 Å². The largest absolute Gasteiger partial charge is 0.278 e. The highest BCUT2D eigenvalue weighted by Gasteiger charge is 2.04. The Hall–Kier alpha value is -3.73. The average molecular weight is 342 g/mol. The predicted molar refractivity (Wildman–Crippen MR) is 106 cm³/mol. The second-order valence-corrected chi connectivity index (χ2v) is 5.47. The molecular weight excluding hydrogens is 324 g/mol. The van der Waals surface area contributed by atoms with Crippen molar-refractivity contribution in [1.29, 1.82) is 0 Å². The van der Waals surface area contributed by atoms with E-state index in [4.69, 9.17) is 0 Å². The maximum absolute atomic E-state index is 12.2. The summed E-state index contributed by atoms with van der Waals surface area (Å²) in [6, 6.07) is 26.4. The number of amides is 1. The molecule has 128 valence electrons. The van der Waals surface area contributed by atoms with E-state index in [9.17, 15) is 4.79 Å². The van der Waals surface area contributed by atoms with Crippen molar-refractivity contribution in [3.63, 3.8) is 0 Å². The minimum Gasteiger partial charge on any atom is -0.278 e. The van der Waals surface area contributed by atoms with Crippen LogP contribution in [0, 0.1) is 0 Å². The molecule has 26 heavy (non-hydrogen) atoms. The van der Waals surface area contributed by atoms with Crippen LogP contribution in [0.25, 0.3) is 0 Å². The molecule has 3 aromatic rings. The number of hydrogen-bond donors (Lipinski definition) is 2. The molecule has 2 N–H and O–H groups in total. The van der Waals surface area contributed by atoms with Gasteiger partial charge in [-0.25, -0.2) is 5.43 Å². The van der Waals surface area contributed by atoms with Gasteiger partial charge < -0.3 is 0 Å². The van der Waals surface area contributed by atoms with Crippen LogP contribution in [-0.4, -0.2) is 18.3 Å². The maximum atomic E-state index is 12.2. The van der Waals surface area contributed by atoms with Gasteiger partial charge in [0.05, 0.1) is 18.1 Å². The Morgan fingerprint density at radius 3 is 2.00 bits per heavy atom. The van der Waals surface area contributed by atoms with E-state index < -0.39 is 0 Å². The fraction of sp³-hybridized carbons (Fsp3) is 0. The monoisotopic (exact) mass is 342 g/mol. The number of nitrogens with one attached hydrogen (secondary N) is 2. The summed E-state index contributed by atoms with van der Waals surface area (Å²) in [5, 5.41) is 8.15. The fourth-order valence-electron chi connectivity index (χ4n) is 2.22. The lowest BCUT2D eigenvalue weighted by molar-refractivity contribution is 0.0955. The quantitative estimate of drug-likeness (QED) is 0.527. The summed E-state index contributed by atoms with van der Waals surface area (Å²) in [4.78, 5) is 12.2. The van der Waals surface area contributed by atoms with Crippen molar-refractivity contribution in [3.8, 4) is 0 Å². The molecule has 0 heterocycles. The fourth-order valence-corrected chi connectivity index (χ4v) is 2.22. The normalized spacial score (nSPS) is 10.9. The first-order valence-electron chi connectivity index (χ1n) is 8.14. The van der Waals surface area contributed by atoms with Gasteiger partial charge in [-0.3, -0.25) is 10.2 Å². The minimum absolute atomic E-state index is 0.284. The van der Waals surface area contributed by atoms with E-state index in [0.29, 0.717) is 5.56 Å². The van der Waals surface area contributed by atoms with Gasteiger partial charge in [0.15, 0.2) is 0 Å². The van der Waals surface area contributed by atoms with E-state index in [-0.39, 0.29) is 5.91 Å². The van der Waals surface area contributed by atoms with Gasteiger partial charge in [-0.15, -0.1) is 0 Å². The summed E-state index contributed by atoms with van der Waals surface area (Å²) < 4.78 is 0. The zero-order chi connectivity index (χ0) is 18.0. The van der Waals surface area contributed by atoms with Crippen molar-refractivity contribution in [3.05, 3.63) is 102 Å².